The molecule has 0 aliphatic rings. The van der Waals surface area contributed by atoms with Crippen molar-refractivity contribution in [3.05, 3.63) is 17.8 Å². The van der Waals surface area contributed by atoms with Crippen LogP contribution in [0.3, 0.4) is 0 Å². The molecule has 3 nitrogen and oxygen atoms in total. The summed E-state index contributed by atoms with van der Waals surface area (Å²) in [5.41, 5.74) is 1.02. The molecule has 0 unspecified atom stereocenters. The molecule has 0 radical (unpaired) electrons. The first-order chi connectivity index (χ1) is 6.20. The number of hydrogen-bond donors (Lipinski definition) is 0. The van der Waals surface area contributed by atoms with Gasteiger partial charge in [-0.15, -0.1) is 0 Å². The van der Waals surface area contributed by atoms with E-state index in [-0.39, 0.29) is 0 Å². The van der Waals surface area contributed by atoms with Crippen LogP contribution < -0.4 is 9.47 Å². The summed E-state index contributed by atoms with van der Waals surface area (Å²) in [7, 11) is 3.27. The fourth-order valence-corrected chi connectivity index (χ4v) is 1.31. The topological polar surface area (TPSA) is 31.4 Å². The predicted molar refractivity (Wildman–Crippen MR) is 51.4 cm³/mol. The van der Waals surface area contributed by atoms with Gasteiger partial charge in [-0.2, -0.15) is 0 Å². The first kappa shape index (κ1) is 9.84. The Bertz CT molecular complexity index is 262. The van der Waals surface area contributed by atoms with E-state index in [4.69, 9.17) is 9.47 Å². The van der Waals surface area contributed by atoms with Gasteiger partial charge in [0.25, 0.3) is 0 Å². The molecule has 0 amide bonds. The van der Waals surface area contributed by atoms with E-state index >= 15 is 0 Å². The van der Waals surface area contributed by atoms with Crippen molar-refractivity contribution in [2.24, 2.45) is 0 Å². The van der Waals surface area contributed by atoms with Crippen LogP contribution in [0.15, 0.2) is 12.3 Å². The molecule has 13 heavy (non-hydrogen) atoms. The van der Waals surface area contributed by atoms with Crippen LogP contribution in [-0.4, -0.2) is 19.2 Å². The maximum absolute atomic E-state index is 5.23. The van der Waals surface area contributed by atoms with Gasteiger partial charge in [0.2, 0.25) is 5.88 Å². The van der Waals surface area contributed by atoms with Gasteiger partial charge in [0.1, 0.15) is 5.75 Å². The molecule has 0 fully saturated rings. The molecule has 0 aromatic carbocycles. The summed E-state index contributed by atoms with van der Waals surface area (Å²) in [6, 6.07) is 1.85. The second-order valence-electron chi connectivity index (χ2n) is 3.09. The van der Waals surface area contributed by atoms with Gasteiger partial charge >= 0.3 is 0 Å². The quantitative estimate of drug-likeness (QED) is 0.716. The smallest absolute Gasteiger partial charge is 0.220 e. The van der Waals surface area contributed by atoms with E-state index in [1.165, 1.54) is 0 Å². The number of methoxy groups -OCH3 is 2. The highest BCUT2D eigenvalue weighted by molar-refractivity contribution is 5.41. The Hall–Kier alpha value is -1.25. The van der Waals surface area contributed by atoms with Crippen LogP contribution in [0.1, 0.15) is 25.3 Å². The zero-order chi connectivity index (χ0) is 9.84. The minimum absolute atomic E-state index is 0.346. The van der Waals surface area contributed by atoms with Gasteiger partial charge in [0.15, 0.2) is 0 Å². The summed E-state index contributed by atoms with van der Waals surface area (Å²) < 4.78 is 10.4. The van der Waals surface area contributed by atoms with Crippen molar-refractivity contribution in [1.82, 2.24) is 4.98 Å². The van der Waals surface area contributed by atoms with E-state index in [9.17, 15) is 0 Å². The number of hydrogen-bond acceptors (Lipinski definition) is 3. The van der Waals surface area contributed by atoms with Gasteiger partial charge in [-0.3, -0.25) is 0 Å². The normalized spacial score (nSPS) is 10.2. The zero-order valence-corrected chi connectivity index (χ0v) is 8.50. The third kappa shape index (κ3) is 1.91. The predicted octanol–water partition coefficient (Wildman–Crippen LogP) is 2.22. The van der Waals surface area contributed by atoms with Crippen molar-refractivity contribution in [2.45, 2.75) is 19.8 Å². The Morgan fingerprint density at radius 2 is 1.92 bits per heavy atom. The Morgan fingerprint density at radius 1 is 1.23 bits per heavy atom. The minimum atomic E-state index is 0.346. The molecule has 0 bridgehead atoms. The Morgan fingerprint density at radius 3 is 2.38 bits per heavy atom. The lowest BCUT2D eigenvalue weighted by Gasteiger charge is -2.13. The number of nitrogens with zero attached hydrogens (tertiary/aromatic N) is 1. The monoisotopic (exact) mass is 181 g/mol. The van der Waals surface area contributed by atoms with Crippen molar-refractivity contribution < 1.29 is 9.47 Å². The average Bonchev–Trinajstić information content (AvgIpc) is 2.16. The van der Waals surface area contributed by atoms with Crippen molar-refractivity contribution >= 4 is 0 Å². The lowest BCUT2D eigenvalue weighted by molar-refractivity contribution is 0.370. The van der Waals surface area contributed by atoms with Gasteiger partial charge in [0.05, 0.1) is 19.8 Å². The molecule has 0 saturated carbocycles. The van der Waals surface area contributed by atoms with Gasteiger partial charge in [-0.1, -0.05) is 13.8 Å². The summed E-state index contributed by atoms with van der Waals surface area (Å²) in [5.74, 6) is 1.83. The molecule has 0 atom stereocenters. The molecular formula is C10H15NO2. The molecule has 1 heterocycles. The lowest BCUT2D eigenvalue weighted by Crippen LogP contribution is -2.00. The Balaban J connectivity index is 3.21. The molecular weight excluding hydrogens is 166 g/mol. The maximum atomic E-state index is 5.23. The molecule has 1 aromatic heterocycles. The third-order valence-electron chi connectivity index (χ3n) is 1.90. The fraction of sp³-hybridized carbons (Fsp3) is 0.500. The van der Waals surface area contributed by atoms with E-state index in [0.717, 1.165) is 11.3 Å². The van der Waals surface area contributed by atoms with Crippen molar-refractivity contribution in [1.29, 1.82) is 0 Å². The Labute approximate surface area is 78.7 Å². The molecule has 0 N–H and O–H groups in total. The highest BCUT2D eigenvalue weighted by Crippen LogP contribution is 2.32. The first-order valence-corrected chi connectivity index (χ1v) is 4.27. The Kier molecular flexibility index (Phi) is 3.12. The minimum Gasteiger partial charge on any atom is -0.496 e. The van der Waals surface area contributed by atoms with Crippen molar-refractivity contribution in [3.8, 4) is 11.6 Å². The second-order valence-corrected chi connectivity index (χ2v) is 3.09. The molecule has 0 aliphatic heterocycles. The van der Waals surface area contributed by atoms with Crippen molar-refractivity contribution in [3.63, 3.8) is 0 Å². The molecule has 1 rings (SSSR count). The standard InChI is InChI=1S/C10H15NO2/c1-7(2)9-8(12-3)5-6-11-10(9)13-4/h5-7H,1-4H3. The van der Waals surface area contributed by atoms with Crippen LogP contribution in [0.4, 0.5) is 0 Å². The molecule has 0 saturated heterocycles. The van der Waals surface area contributed by atoms with Gasteiger partial charge in [-0.05, 0) is 12.0 Å². The number of rotatable bonds is 3. The second kappa shape index (κ2) is 4.12. The largest absolute Gasteiger partial charge is 0.496 e. The van der Waals surface area contributed by atoms with E-state index < -0.39 is 0 Å². The van der Waals surface area contributed by atoms with Crippen LogP contribution in [-0.2, 0) is 0 Å². The highest BCUT2D eigenvalue weighted by Gasteiger charge is 2.13. The summed E-state index contributed by atoms with van der Waals surface area (Å²) in [5, 5.41) is 0. The van der Waals surface area contributed by atoms with Crippen LogP contribution in [0.25, 0.3) is 0 Å². The maximum Gasteiger partial charge on any atom is 0.220 e. The summed E-state index contributed by atoms with van der Waals surface area (Å²) >= 11 is 0. The fourth-order valence-electron chi connectivity index (χ4n) is 1.31. The van der Waals surface area contributed by atoms with Crippen LogP contribution in [0.5, 0.6) is 11.6 Å². The van der Waals surface area contributed by atoms with Crippen molar-refractivity contribution in [2.75, 3.05) is 14.2 Å². The zero-order valence-electron chi connectivity index (χ0n) is 8.50. The molecule has 0 spiro atoms. The lowest BCUT2D eigenvalue weighted by atomic mass is 10.0. The van der Waals surface area contributed by atoms with E-state index in [0.29, 0.717) is 11.8 Å². The summed E-state index contributed by atoms with van der Waals surface area (Å²) in [4.78, 5) is 4.12. The number of ether oxygens (including phenoxy) is 2. The van der Waals surface area contributed by atoms with Crippen LogP contribution in [0.2, 0.25) is 0 Å². The number of pyridine rings is 1. The third-order valence-corrected chi connectivity index (χ3v) is 1.90. The van der Waals surface area contributed by atoms with E-state index in [1.807, 2.05) is 6.07 Å². The van der Waals surface area contributed by atoms with Gasteiger partial charge in [-0.25, -0.2) is 4.98 Å². The van der Waals surface area contributed by atoms with E-state index in [2.05, 4.69) is 18.8 Å². The molecule has 1 aromatic rings. The SMILES string of the molecule is COc1ccnc(OC)c1C(C)C. The van der Waals surface area contributed by atoms with Crippen LogP contribution in [0, 0.1) is 0 Å². The average molecular weight is 181 g/mol. The van der Waals surface area contributed by atoms with E-state index in [1.54, 1.807) is 20.4 Å². The first-order valence-electron chi connectivity index (χ1n) is 4.27. The summed E-state index contributed by atoms with van der Waals surface area (Å²) in [6.07, 6.45) is 1.68. The molecule has 72 valence electrons. The van der Waals surface area contributed by atoms with Crippen LogP contribution >= 0.6 is 0 Å². The highest BCUT2D eigenvalue weighted by atomic mass is 16.5. The van der Waals surface area contributed by atoms with Gasteiger partial charge < -0.3 is 9.47 Å². The molecule has 0 aliphatic carbocycles. The molecule has 3 heteroatoms. The number of aromatic nitrogens is 1. The van der Waals surface area contributed by atoms with Gasteiger partial charge in [0, 0.05) is 6.20 Å². The summed E-state index contributed by atoms with van der Waals surface area (Å²) in [6.45, 7) is 4.17.